The maximum atomic E-state index is 5.96. The van der Waals surface area contributed by atoms with E-state index >= 15 is 0 Å². The van der Waals surface area contributed by atoms with Crippen molar-refractivity contribution in [1.29, 1.82) is 0 Å². The zero-order valence-corrected chi connectivity index (χ0v) is 8.79. The molecule has 0 amide bonds. The van der Waals surface area contributed by atoms with Crippen LogP contribution in [-0.2, 0) is 0 Å². The van der Waals surface area contributed by atoms with E-state index in [1.165, 1.54) is 25.8 Å². The van der Waals surface area contributed by atoms with Crippen LogP contribution in [0.4, 0.5) is 0 Å². The number of fused-ring (bicyclic) bond motifs is 1. The Morgan fingerprint density at radius 2 is 2.08 bits per heavy atom. The molecule has 0 radical (unpaired) electrons. The minimum Gasteiger partial charge on any atom is -0.327 e. The van der Waals surface area contributed by atoms with Crippen molar-refractivity contribution in [2.24, 2.45) is 23.5 Å². The highest BCUT2D eigenvalue weighted by molar-refractivity contribution is 4.99. The Bertz CT molecular complexity index is 179. The fraction of sp³-hybridized carbons (Fsp3) is 1.00. The molecule has 2 aliphatic carbocycles. The van der Waals surface area contributed by atoms with Crippen LogP contribution in [0.1, 0.15) is 33.1 Å². The summed E-state index contributed by atoms with van der Waals surface area (Å²) < 4.78 is 0. The van der Waals surface area contributed by atoms with Crippen LogP contribution in [0.3, 0.4) is 0 Å². The van der Waals surface area contributed by atoms with Gasteiger partial charge in [-0.05, 0) is 43.6 Å². The Morgan fingerprint density at radius 3 is 2.62 bits per heavy atom. The lowest BCUT2D eigenvalue weighted by Crippen LogP contribution is -2.44. The second-order valence-electron chi connectivity index (χ2n) is 5.22. The number of hydrogen-bond donors (Lipinski definition) is 2. The van der Waals surface area contributed by atoms with Gasteiger partial charge in [0.25, 0.3) is 0 Å². The van der Waals surface area contributed by atoms with Crippen LogP contribution in [0.15, 0.2) is 0 Å². The molecule has 0 spiro atoms. The molecule has 0 aromatic heterocycles. The van der Waals surface area contributed by atoms with Gasteiger partial charge in [-0.1, -0.05) is 13.8 Å². The summed E-state index contributed by atoms with van der Waals surface area (Å²) in [5.41, 5.74) is 5.96. The predicted octanol–water partition coefficient (Wildman–Crippen LogP) is 1.36. The van der Waals surface area contributed by atoms with Crippen LogP contribution < -0.4 is 11.1 Å². The van der Waals surface area contributed by atoms with E-state index in [0.717, 1.165) is 17.8 Å². The maximum Gasteiger partial charge on any atom is 0.00726 e. The number of nitrogens with one attached hydrogen (secondary N) is 1. The van der Waals surface area contributed by atoms with Gasteiger partial charge in [0.1, 0.15) is 0 Å². The highest BCUT2D eigenvalue weighted by Gasteiger charge is 2.45. The minimum absolute atomic E-state index is 0.536. The molecular weight excluding hydrogens is 160 g/mol. The number of hydrogen-bond acceptors (Lipinski definition) is 2. The Hall–Kier alpha value is -0.0800. The third-order valence-electron chi connectivity index (χ3n) is 3.79. The molecule has 2 rings (SSSR count). The Kier molecular flexibility index (Phi) is 2.61. The van der Waals surface area contributed by atoms with E-state index in [0.29, 0.717) is 12.1 Å². The molecule has 2 nitrogen and oxygen atoms in total. The van der Waals surface area contributed by atoms with Crippen molar-refractivity contribution in [2.45, 2.75) is 45.2 Å². The van der Waals surface area contributed by atoms with E-state index in [1.807, 2.05) is 0 Å². The molecule has 3 N–H and O–H groups in total. The summed E-state index contributed by atoms with van der Waals surface area (Å²) in [6.45, 7) is 5.64. The SMILES string of the molecule is CC(C)NCC1CC2CC(N)C2C1. The van der Waals surface area contributed by atoms with Crippen LogP contribution in [0, 0.1) is 17.8 Å². The van der Waals surface area contributed by atoms with E-state index in [2.05, 4.69) is 19.2 Å². The van der Waals surface area contributed by atoms with Crippen molar-refractivity contribution in [2.75, 3.05) is 6.54 Å². The molecule has 2 aliphatic rings. The van der Waals surface area contributed by atoms with Crippen LogP contribution in [0.25, 0.3) is 0 Å². The normalized spacial score (nSPS) is 43.4. The average molecular weight is 182 g/mol. The smallest absolute Gasteiger partial charge is 0.00726 e. The lowest BCUT2D eigenvalue weighted by Gasteiger charge is -2.37. The predicted molar refractivity (Wildman–Crippen MR) is 55.4 cm³/mol. The molecule has 13 heavy (non-hydrogen) atoms. The monoisotopic (exact) mass is 182 g/mol. The van der Waals surface area contributed by atoms with Crippen molar-refractivity contribution in [3.05, 3.63) is 0 Å². The lowest BCUT2D eigenvalue weighted by molar-refractivity contribution is 0.173. The first kappa shape index (κ1) is 9.47. The standard InChI is InChI=1S/C11H22N2/c1-7(2)13-6-8-3-9-5-11(12)10(9)4-8/h7-11,13H,3-6,12H2,1-2H3. The highest BCUT2D eigenvalue weighted by atomic mass is 14.9. The van der Waals surface area contributed by atoms with Gasteiger partial charge in [0.15, 0.2) is 0 Å². The zero-order chi connectivity index (χ0) is 9.42. The Balaban J connectivity index is 1.72. The Morgan fingerprint density at radius 1 is 1.31 bits per heavy atom. The summed E-state index contributed by atoms with van der Waals surface area (Å²) in [5, 5.41) is 3.53. The molecule has 0 aliphatic heterocycles. The van der Waals surface area contributed by atoms with Gasteiger partial charge in [-0.3, -0.25) is 0 Å². The molecule has 4 atom stereocenters. The van der Waals surface area contributed by atoms with Crippen molar-refractivity contribution in [3.63, 3.8) is 0 Å². The van der Waals surface area contributed by atoms with Gasteiger partial charge >= 0.3 is 0 Å². The molecule has 2 fully saturated rings. The number of rotatable bonds is 3. The number of nitrogens with two attached hydrogens (primary N) is 1. The molecule has 2 saturated carbocycles. The zero-order valence-electron chi connectivity index (χ0n) is 8.79. The van der Waals surface area contributed by atoms with E-state index in [-0.39, 0.29) is 0 Å². The largest absolute Gasteiger partial charge is 0.327 e. The lowest BCUT2D eigenvalue weighted by atomic mass is 9.72. The first-order chi connectivity index (χ1) is 6.16. The van der Waals surface area contributed by atoms with Gasteiger partial charge in [0.05, 0.1) is 0 Å². The quantitative estimate of drug-likeness (QED) is 0.691. The van der Waals surface area contributed by atoms with E-state index in [1.54, 1.807) is 0 Å². The van der Waals surface area contributed by atoms with Gasteiger partial charge in [0, 0.05) is 12.1 Å². The summed E-state index contributed by atoms with van der Waals surface area (Å²) in [7, 11) is 0. The maximum absolute atomic E-state index is 5.96. The third kappa shape index (κ3) is 1.89. The molecule has 2 heteroatoms. The van der Waals surface area contributed by atoms with Gasteiger partial charge in [-0.15, -0.1) is 0 Å². The van der Waals surface area contributed by atoms with Crippen LogP contribution in [-0.4, -0.2) is 18.6 Å². The van der Waals surface area contributed by atoms with E-state index in [9.17, 15) is 0 Å². The fourth-order valence-corrected chi connectivity index (χ4v) is 2.97. The topological polar surface area (TPSA) is 38.0 Å². The van der Waals surface area contributed by atoms with E-state index < -0.39 is 0 Å². The van der Waals surface area contributed by atoms with E-state index in [4.69, 9.17) is 5.73 Å². The molecular formula is C11H22N2. The van der Waals surface area contributed by atoms with Crippen LogP contribution >= 0.6 is 0 Å². The summed E-state index contributed by atoms with van der Waals surface area (Å²) >= 11 is 0. The van der Waals surface area contributed by atoms with Crippen LogP contribution in [0.5, 0.6) is 0 Å². The van der Waals surface area contributed by atoms with Crippen molar-refractivity contribution >= 4 is 0 Å². The second-order valence-corrected chi connectivity index (χ2v) is 5.22. The van der Waals surface area contributed by atoms with Gasteiger partial charge in [-0.2, -0.15) is 0 Å². The van der Waals surface area contributed by atoms with Crippen molar-refractivity contribution in [1.82, 2.24) is 5.32 Å². The molecule has 0 heterocycles. The second kappa shape index (κ2) is 3.58. The van der Waals surface area contributed by atoms with Crippen molar-refractivity contribution in [3.8, 4) is 0 Å². The molecule has 0 aromatic carbocycles. The Labute approximate surface area is 81.3 Å². The van der Waals surface area contributed by atoms with Gasteiger partial charge in [0.2, 0.25) is 0 Å². The molecule has 0 saturated heterocycles. The summed E-state index contributed by atoms with van der Waals surface area (Å²) in [6, 6.07) is 1.17. The molecule has 76 valence electrons. The minimum atomic E-state index is 0.536. The van der Waals surface area contributed by atoms with Gasteiger partial charge in [-0.25, -0.2) is 0 Å². The molecule has 4 unspecified atom stereocenters. The highest BCUT2D eigenvalue weighted by Crippen LogP contribution is 2.48. The van der Waals surface area contributed by atoms with Gasteiger partial charge < -0.3 is 11.1 Å². The summed E-state index contributed by atoms with van der Waals surface area (Å²) in [4.78, 5) is 0. The average Bonchev–Trinajstić information content (AvgIpc) is 2.39. The molecule has 0 bridgehead atoms. The van der Waals surface area contributed by atoms with Crippen molar-refractivity contribution < 1.29 is 0 Å². The first-order valence-corrected chi connectivity index (χ1v) is 5.65. The molecule has 0 aromatic rings. The summed E-state index contributed by atoms with van der Waals surface area (Å²) in [5.74, 6) is 2.76. The third-order valence-corrected chi connectivity index (χ3v) is 3.79. The van der Waals surface area contributed by atoms with Crippen LogP contribution in [0.2, 0.25) is 0 Å². The fourth-order valence-electron chi connectivity index (χ4n) is 2.97. The first-order valence-electron chi connectivity index (χ1n) is 5.65. The summed E-state index contributed by atoms with van der Waals surface area (Å²) in [6.07, 6.45) is 4.10.